The van der Waals surface area contributed by atoms with Gasteiger partial charge in [-0.1, -0.05) is 42.8 Å². The lowest BCUT2D eigenvalue weighted by atomic mass is 9.87. The molecule has 0 saturated carbocycles. The second kappa shape index (κ2) is 12.2. The number of amides is 3. The fourth-order valence-corrected chi connectivity index (χ4v) is 4.61. The van der Waals surface area contributed by atoms with Crippen LogP contribution in [-0.4, -0.2) is 60.8 Å². The fourth-order valence-electron chi connectivity index (χ4n) is 4.61. The summed E-state index contributed by atoms with van der Waals surface area (Å²) >= 11 is 0. The quantitative estimate of drug-likeness (QED) is 0.430. The number of rotatable bonds is 9. The van der Waals surface area contributed by atoms with Gasteiger partial charge in [-0.05, 0) is 50.2 Å². The van der Waals surface area contributed by atoms with Crippen molar-refractivity contribution in [3.05, 3.63) is 48.0 Å². The van der Waals surface area contributed by atoms with Crippen LogP contribution in [0.3, 0.4) is 0 Å². The molecule has 1 aromatic rings. The summed E-state index contributed by atoms with van der Waals surface area (Å²) in [5.41, 5.74) is 2.39. The van der Waals surface area contributed by atoms with Gasteiger partial charge in [0, 0.05) is 6.54 Å². The average Bonchev–Trinajstić information content (AvgIpc) is 3.34. The molecule has 182 valence electrons. The minimum atomic E-state index is -1.05. The van der Waals surface area contributed by atoms with Crippen LogP contribution in [0, 0.1) is 12.3 Å². The molecule has 0 bridgehead atoms. The Morgan fingerprint density at radius 1 is 1.29 bits per heavy atom. The van der Waals surface area contributed by atoms with E-state index in [1.807, 2.05) is 12.1 Å². The van der Waals surface area contributed by atoms with E-state index < -0.39 is 30.2 Å². The minimum absolute atomic E-state index is 0.00391. The second-order valence-corrected chi connectivity index (χ2v) is 8.57. The summed E-state index contributed by atoms with van der Waals surface area (Å²) in [6.07, 6.45) is 9.33. The topological polar surface area (TPSA) is 97.0 Å². The van der Waals surface area contributed by atoms with Gasteiger partial charge in [0.25, 0.3) is 0 Å². The maximum absolute atomic E-state index is 13.5. The van der Waals surface area contributed by atoms with E-state index >= 15 is 0 Å². The molecule has 8 heteroatoms. The molecule has 1 aliphatic carbocycles. The molecule has 8 nitrogen and oxygen atoms in total. The molecular weight excluding hydrogens is 434 g/mol. The SMILES string of the molecule is C#CCO[C@H](C)[C@H](NC(=O)OCC=C)C(=O)N1CCC[C@H]1C(=O)N[C@@H]1CCCc2ccccc21. The van der Waals surface area contributed by atoms with E-state index in [2.05, 4.69) is 35.3 Å². The van der Waals surface area contributed by atoms with Gasteiger partial charge in [0.05, 0.1) is 12.1 Å². The maximum Gasteiger partial charge on any atom is 0.408 e. The molecule has 0 spiro atoms. The van der Waals surface area contributed by atoms with Crippen molar-refractivity contribution in [1.82, 2.24) is 15.5 Å². The maximum atomic E-state index is 13.5. The third kappa shape index (κ3) is 6.17. The van der Waals surface area contributed by atoms with Crippen molar-refractivity contribution >= 4 is 17.9 Å². The van der Waals surface area contributed by atoms with Gasteiger partial charge in [0.2, 0.25) is 11.8 Å². The Hall–Kier alpha value is -3.31. The molecule has 3 amide bonds. The number of alkyl carbamates (subject to hydrolysis) is 1. The van der Waals surface area contributed by atoms with Crippen LogP contribution in [0.1, 0.15) is 49.8 Å². The number of hydrogen-bond donors (Lipinski definition) is 2. The number of ether oxygens (including phenoxy) is 2. The Labute approximate surface area is 201 Å². The van der Waals surface area contributed by atoms with Crippen molar-refractivity contribution in [2.45, 2.75) is 63.3 Å². The van der Waals surface area contributed by atoms with Crippen LogP contribution in [0.5, 0.6) is 0 Å². The number of hydrogen-bond acceptors (Lipinski definition) is 5. The van der Waals surface area contributed by atoms with Crippen molar-refractivity contribution in [2.24, 2.45) is 0 Å². The average molecular weight is 468 g/mol. The summed E-state index contributed by atoms with van der Waals surface area (Å²) < 4.78 is 10.5. The molecule has 0 aromatic heterocycles. The number of fused-ring (bicyclic) bond motifs is 1. The van der Waals surface area contributed by atoms with E-state index in [-0.39, 0.29) is 25.2 Å². The van der Waals surface area contributed by atoms with Crippen molar-refractivity contribution in [3.8, 4) is 12.3 Å². The van der Waals surface area contributed by atoms with E-state index in [9.17, 15) is 14.4 Å². The zero-order chi connectivity index (χ0) is 24.5. The first kappa shape index (κ1) is 25.3. The first-order valence-electron chi connectivity index (χ1n) is 11.7. The van der Waals surface area contributed by atoms with Gasteiger partial charge >= 0.3 is 6.09 Å². The van der Waals surface area contributed by atoms with Crippen molar-refractivity contribution in [1.29, 1.82) is 0 Å². The van der Waals surface area contributed by atoms with Crippen molar-refractivity contribution in [3.63, 3.8) is 0 Å². The molecule has 1 aliphatic heterocycles. The summed E-state index contributed by atoms with van der Waals surface area (Å²) in [6.45, 7) is 5.56. The predicted octanol–water partition coefficient (Wildman–Crippen LogP) is 2.49. The van der Waals surface area contributed by atoms with Crippen LogP contribution in [0.4, 0.5) is 4.79 Å². The Morgan fingerprint density at radius 2 is 2.09 bits per heavy atom. The zero-order valence-corrected chi connectivity index (χ0v) is 19.6. The number of benzene rings is 1. The lowest BCUT2D eigenvalue weighted by Crippen LogP contribution is -2.57. The molecule has 1 aromatic carbocycles. The molecule has 2 N–H and O–H groups in total. The smallest absolute Gasteiger partial charge is 0.408 e. The summed E-state index contributed by atoms with van der Waals surface area (Å²) in [5.74, 6) is 1.78. The monoisotopic (exact) mass is 467 g/mol. The number of aryl methyl sites for hydroxylation is 1. The second-order valence-electron chi connectivity index (χ2n) is 8.57. The molecular formula is C26H33N3O5. The Kier molecular flexibility index (Phi) is 9.11. The van der Waals surface area contributed by atoms with E-state index in [1.165, 1.54) is 16.5 Å². The molecule has 1 saturated heterocycles. The molecule has 0 radical (unpaired) electrons. The van der Waals surface area contributed by atoms with Crippen LogP contribution >= 0.6 is 0 Å². The van der Waals surface area contributed by atoms with Crippen molar-refractivity contribution < 1.29 is 23.9 Å². The van der Waals surface area contributed by atoms with E-state index in [4.69, 9.17) is 15.9 Å². The molecule has 2 aliphatic rings. The van der Waals surface area contributed by atoms with Crippen LogP contribution < -0.4 is 10.6 Å². The highest BCUT2D eigenvalue weighted by molar-refractivity contribution is 5.92. The summed E-state index contributed by atoms with van der Waals surface area (Å²) in [5, 5.41) is 5.72. The third-order valence-electron chi connectivity index (χ3n) is 6.30. The number of carbonyl (C=O) groups is 3. The number of carbonyl (C=O) groups excluding carboxylic acids is 3. The van der Waals surface area contributed by atoms with E-state index in [0.29, 0.717) is 19.4 Å². The van der Waals surface area contributed by atoms with Crippen molar-refractivity contribution in [2.75, 3.05) is 19.8 Å². The van der Waals surface area contributed by atoms with E-state index in [1.54, 1.807) is 6.92 Å². The van der Waals surface area contributed by atoms with Crippen LogP contribution in [0.2, 0.25) is 0 Å². The number of nitrogens with zero attached hydrogens (tertiary/aromatic N) is 1. The van der Waals surface area contributed by atoms with Gasteiger partial charge in [-0.2, -0.15) is 0 Å². The molecule has 34 heavy (non-hydrogen) atoms. The number of nitrogens with one attached hydrogen (secondary N) is 2. The summed E-state index contributed by atoms with van der Waals surface area (Å²) in [7, 11) is 0. The van der Waals surface area contributed by atoms with E-state index in [0.717, 1.165) is 24.8 Å². The Bertz CT molecular complexity index is 941. The van der Waals surface area contributed by atoms with Gasteiger partial charge in [-0.25, -0.2) is 4.79 Å². The molecule has 1 fully saturated rings. The molecule has 1 heterocycles. The van der Waals surface area contributed by atoms with Gasteiger partial charge in [0.15, 0.2) is 0 Å². The van der Waals surface area contributed by atoms with Gasteiger partial charge in [-0.15, -0.1) is 6.42 Å². The Morgan fingerprint density at radius 3 is 2.85 bits per heavy atom. The molecule has 0 unspecified atom stereocenters. The molecule has 4 atom stereocenters. The lowest BCUT2D eigenvalue weighted by Gasteiger charge is -2.32. The van der Waals surface area contributed by atoms with Gasteiger partial charge in [-0.3, -0.25) is 9.59 Å². The summed E-state index contributed by atoms with van der Waals surface area (Å²) in [6, 6.07) is 6.40. The van der Waals surface area contributed by atoms with Gasteiger partial charge < -0.3 is 25.0 Å². The summed E-state index contributed by atoms with van der Waals surface area (Å²) in [4.78, 5) is 40.5. The fraction of sp³-hybridized carbons (Fsp3) is 0.500. The normalized spacial score (nSPS) is 20.9. The highest BCUT2D eigenvalue weighted by atomic mass is 16.5. The Balaban J connectivity index is 1.72. The first-order valence-corrected chi connectivity index (χ1v) is 11.7. The van der Waals surface area contributed by atoms with Gasteiger partial charge in [0.1, 0.15) is 25.3 Å². The predicted molar refractivity (Wildman–Crippen MR) is 128 cm³/mol. The number of likely N-dealkylation sites (tertiary alicyclic amines) is 1. The lowest BCUT2D eigenvalue weighted by molar-refractivity contribution is -0.142. The first-order chi connectivity index (χ1) is 16.5. The third-order valence-corrected chi connectivity index (χ3v) is 6.30. The molecule has 3 rings (SSSR count). The van der Waals surface area contributed by atoms with Crippen LogP contribution in [0.15, 0.2) is 36.9 Å². The highest BCUT2D eigenvalue weighted by Crippen LogP contribution is 2.30. The van der Waals surface area contributed by atoms with Crippen LogP contribution in [-0.2, 0) is 25.5 Å². The minimum Gasteiger partial charge on any atom is -0.445 e. The largest absolute Gasteiger partial charge is 0.445 e. The standard InChI is InChI=1S/C26H33N3O5/c1-4-16-33-18(3)23(28-26(32)34-17-5-2)25(31)29-15-9-14-22(29)24(30)27-21-13-8-11-19-10-6-7-12-20(19)21/h1,5-7,10,12,18,21-23H,2,8-9,11,13-17H2,3H3,(H,27,30)(H,28,32)/t18-,21-,22+,23+/m1/s1. The zero-order valence-electron chi connectivity index (χ0n) is 19.6. The number of terminal acetylenes is 1. The van der Waals surface area contributed by atoms with Crippen LogP contribution in [0.25, 0.3) is 0 Å². The highest BCUT2D eigenvalue weighted by Gasteiger charge is 2.40.